The molecule has 3 N–H and O–H groups in total. The summed E-state index contributed by atoms with van der Waals surface area (Å²) in [5, 5.41) is 5.53. The minimum Gasteiger partial charge on any atom is -0.370 e. The fraction of sp³-hybridized carbons (Fsp3) is 0.538. The van der Waals surface area contributed by atoms with Gasteiger partial charge in [-0.2, -0.15) is 0 Å². The first-order valence-corrected chi connectivity index (χ1v) is 7.38. The molecule has 0 bridgehead atoms. The Bertz CT molecular complexity index is 572. The monoisotopic (exact) mass is 280 g/mol. The Hall–Kier alpha value is -1.40. The highest BCUT2D eigenvalue weighted by atomic mass is 32.1. The van der Waals surface area contributed by atoms with Gasteiger partial charge in [0.05, 0.1) is 11.4 Å². The number of nitrogens with zero attached hydrogens (tertiary/aromatic N) is 2. The topological polar surface area (TPSA) is 72.4 Å². The summed E-state index contributed by atoms with van der Waals surface area (Å²) in [6, 6.07) is 0. The van der Waals surface area contributed by atoms with E-state index in [0.29, 0.717) is 6.42 Å². The van der Waals surface area contributed by atoms with Gasteiger partial charge in [0.1, 0.15) is 0 Å². The lowest BCUT2D eigenvalue weighted by molar-refractivity contribution is -0.118. The van der Waals surface area contributed by atoms with Crippen molar-refractivity contribution in [3.05, 3.63) is 22.5 Å². The van der Waals surface area contributed by atoms with Crippen molar-refractivity contribution in [2.24, 2.45) is 5.73 Å². The largest absolute Gasteiger partial charge is 0.370 e. The molecule has 0 saturated heterocycles. The number of aromatic nitrogens is 2. The lowest BCUT2D eigenvalue weighted by atomic mass is 10.2. The van der Waals surface area contributed by atoms with Crippen LogP contribution in [0.1, 0.15) is 36.3 Å². The second-order valence-corrected chi connectivity index (χ2v) is 5.58. The quantitative estimate of drug-likeness (QED) is 0.759. The minimum atomic E-state index is -0.220. The second-order valence-electron chi connectivity index (χ2n) is 4.74. The van der Waals surface area contributed by atoms with Crippen LogP contribution in [0.15, 0.2) is 5.38 Å². The van der Waals surface area contributed by atoms with Crippen molar-refractivity contribution in [3.63, 3.8) is 0 Å². The van der Waals surface area contributed by atoms with Crippen LogP contribution in [0.5, 0.6) is 0 Å². The summed E-state index contributed by atoms with van der Waals surface area (Å²) in [6.45, 7) is 5.84. The van der Waals surface area contributed by atoms with Crippen molar-refractivity contribution >= 4 is 22.2 Å². The molecular formula is C13H20N4OS. The molecule has 6 heteroatoms. The smallest absolute Gasteiger partial charge is 0.217 e. The zero-order chi connectivity index (χ0) is 13.8. The molecule has 0 aliphatic carbocycles. The number of carbonyl (C=O) groups excluding carboxylic acids is 1. The molecule has 19 heavy (non-hydrogen) atoms. The Kier molecular flexibility index (Phi) is 4.55. The number of amides is 1. The van der Waals surface area contributed by atoms with Crippen LogP contribution in [0, 0.1) is 13.8 Å². The molecule has 2 aromatic rings. The summed E-state index contributed by atoms with van der Waals surface area (Å²) < 4.78 is 2.20. The van der Waals surface area contributed by atoms with Crippen LogP contribution < -0.4 is 11.1 Å². The number of carbonyl (C=O) groups is 1. The predicted octanol–water partition coefficient (Wildman–Crippen LogP) is 1.76. The van der Waals surface area contributed by atoms with E-state index in [1.54, 1.807) is 11.3 Å². The van der Waals surface area contributed by atoms with Crippen LogP contribution in [0.25, 0.3) is 4.96 Å². The van der Waals surface area contributed by atoms with Gasteiger partial charge in [0.25, 0.3) is 0 Å². The molecule has 0 aromatic carbocycles. The van der Waals surface area contributed by atoms with Crippen molar-refractivity contribution in [1.82, 2.24) is 14.7 Å². The van der Waals surface area contributed by atoms with E-state index in [4.69, 9.17) is 5.73 Å². The summed E-state index contributed by atoms with van der Waals surface area (Å²) in [7, 11) is 0. The van der Waals surface area contributed by atoms with E-state index in [1.807, 2.05) is 6.92 Å². The molecule has 0 radical (unpaired) electrons. The first-order chi connectivity index (χ1) is 9.09. The molecule has 2 rings (SSSR count). The molecule has 2 heterocycles. The second kappa shape index (κ2) is 6.16. The highest BCUT2D eigenvalue weighted by Crippen LogP contribution is 2.20. The van der Waals surface area contributed by atoms with Gasteiger partial charge in [0.15, 0.2) is 4.96 Å². The van der Waals surface area contributed by atoms with Gasteiger partial charge in [-0.1, -0.05) is 0 Å². The SMILES string of the molecule is Cc1nc2scc(C)n2c1CNCCCCC(N)=O. The third-order valence-corrected chi connectivity index (χ3v) is 4.09. The first kappa shape index (κ1) is 14.0. The number of unbranched alkanes of at least 4 members (excludes halogenated alkanes) is 1. The van der Waals surface area contributed by atoms with Crippen LogP contribution in [0.2, 0.25) is 0 Å². The Labute approximate surface area is 116 Å². The zero-order valence-corrected chi connectivity index (χ0v) is 12.2. The van der Waals surface area contributed by atoms with Crippen LogP contribution in [0.3, 0.4) is 0 Å². The van der Waals surface area contributed by atoms with Crippen molar-refractivity contribution in [2.75, 3.05) is 6.54 Å². The van der Waals surface area contributed by atoms with Gasteiger partial charge < -0.3 is 11.1 Å². The summed E-state index contributed by atoms with van der Waals surface area (Å²) >= 11 is 1.67. The molecule has 0 unspecified atom stereocenters. The maximum absolute atomic E-state index is 10.6. The standard InChI is InChI=1S/C13H20N4OS/c1-9-8-19-13-16-10(2)11(17(9)13)7-15-6-4-3-5-12(14)18/h8,15H,3-7H2,1-2H3,(H2,14,18). The number of imidazole rings is 1. The molecule has 104 valence electrons. The van der Waals surface area contributed by atoms with E-state index >= 15 is 0 Å². The van der Waals surface area contributed by atoms with Crippen molar-refractivity contribution in [1.29, 1.82) is 0 Å². The Morgan fingerprint density at radius 1 is 1.47 bits per heavy atom. The maximum Gasteiger partial charge on any atom is 0.217 e. The number of nitrogens with two attached hydrogens (primary N) is 1. The Morgan fingerprint density at radius 2 is 2.26 bits per heavy atom. The average molecular weight is 280 g/mol. The molecule has 0 aliphatic heterocycles. The predicted molar refractivity (Wildman–Crippen MR) is 77.3 cm³/mol. The van der Waals surface area contributed by atoms with Crippen LogP contribution in [-0.4, -0.2) is 21.8 Å². The number of nitrogens with one attached hydrogen (secondary N) is 1. The Balaban J connectivity index is 1.86. The zero-order valence-electron chi connectivity index (χ0n) is 11.4. The van der Waals surface area contributed by atoms with Crippen molar-refractivity contribution < 1.29 is 4.79 Å². The van der Waals surface area contributed by atoms with E-state index in [1.165, 1.54) is 11.4 Å². The molecule has 5 nitrogen and oxygen atoms in total. The average Bonchev–Trinajstić information content (AvgIpc) is 2.84. The van der Waals surface area contributed by atoms with E-state index < -0.39 is 0 Å². The summed E-state index contributed by atoms with van der Waals surface area (Å²) in [4.78, 5) is 16.2. The van der Waals surface area contributed by atoms with Gasteiger partial charge in [-0.3, -0.25) is 9.20 Å². The van der Waals surface area contributed by atoms with Crippen molar-refractivity contribution in [2.45, 2.75) is 39.7 Å². The third kappa shape index (κ3) is 3.33. The van der Waals surface area contributed by atoms with Crippen molar-refractivity contribution in [3.8, 4) is 0 Å². The number of thiazole rings is 1. The van der Waals surface area contributed by atoms with Gasteiger partial charge in [-0.25, -0.2) is 4.98 Å². The molecule has 0 fully saturated rings. The Morgan fingerprint density at radius 3 is 3.00 bits per heavy atom. The fourth-order valence-corrected chi connectivity index (χ4v) is 3.06. The van der Waals surface area contributed by atoms with Crippen LogP contribution >= 0.6 is 11.3 Å². The van der Waals surface area contributed by atoms with E-state index in [0.717, 1.165) is 36.6 Å². The number of hydrogen-bond donors (Lipinski definition) is 2. The fourth-order valence-electron chi connectivity index (χ4n) is 2.13. The molecule has 2 aromatic heterocycles. The normalized spacial score (nSPS) is 11.3. The first-order valence-electron chi connectivity index (χ1n) is 6.50. The van der Waals surface area contributed by atoms with Gasteiger partial charge in [-0.15, -0.1) is 11.3 Å². The molecule has 0 saturated carbocycles. The summed E-state index contributed by atoms with van der Waals surface area (Å²) in [6.07, 6.45) is 2.29. The van der Waals surface area contributed by atoms with Gasteiger partial charge in [0, 0.05) is 24.0 Å². The summed E-state index contributed by atoms with van der Waals surface area (Å²) in [5.74, 6) is -0.220. The van der Waals surface area contributed by atoms with E-state index in [9.17, 15) is 4.79 Å². The van der Waals surface area contributed by atoms with Crippen LogP contribution in [0.4, 0.5) is 0 Å². The van der Waals surface area contributed by atoms with E-state index in [2.05, 4.69) is 27.0 Å². The number of aryl methyl sites for hydroxylation is 2. The highest BCUT2D eigenvalue weighted by molar-refractivity contribution is 7.15. The maximum atomic E-state index is 10.6. The molecule has 0 atom stereocenters. The molecule has 0 spiro atoms. The van der Waals surface area contributed by atoms with Gasteiger partial charge >= 0.3 is 0 Å². The third-order valence-electron chi connectivity index (χ3n) is 3.15. The van der Waals surface area contributed by atoms with Crippen LogP contribution in [-0.2, 0) is 11.3 Å². The molecular weight excluding hydrogens is 260 g/mol. The van der Waals surface area contributed by atoms with Gasteiger partial charge in [0.2, 0.25) is 5.91 Å². The summed E-state index contributed by atoms with van der Waals surface area (Å²) in [5.41, 5.74) is 8.64. The minimum absolute atomic E-state index is 0.220. The number of primary amides is 1. The number of fused-ring (bicyclic) bond motifs is 1. The van der Waals surface area contributed by atoms with E-state index in [-0.39, 0.29) is 5.91 Å². The molecule has 0 aliphatic rings. The lowest BCUT2D eigenvalue weighted by Gasteiger charge is -2.05. The number of rotatable bonds is 7. The van der Waals surface area contributed by atoms with Gasteiger partial charge in [-0.05, 0) is 33.2 Å². The molecule has 1 amide bonds. The highest BCUT2D eigenvalue weighted by Gasteiger charge is 2.11. The lowest BCUT2D eigenvalue weighted by Crippen LogP contribution is -2.17. The number of hydrogen-bond acceptors (Lipinski definition) is 4.